The third kappa shape index (κ3) is 6.57. The second-order valence-corrected chi connectivity index (χ2v) is 5.72. The smallest absolute Gasteiger partial charge is 0.407 e. The Morgan fingerprint density at radius 1 is 1.45 bits per heavy atom. The molecule has 0 radical (unpaired) electrons. The number of halogens is 2. The van der Waals surface area contributed by atoms with Crippen molar-refractivity contribution in [2.45, 2.75) is 32.8 Å². The maximum Gasteiger partial charge on any atom is 0.407 e. The lowest BCUT2D eigenvalue weighted by Crippen LogP contribution is -2.32. The molecular weight excluding hydrogens is 281 g/mol. The molecule has 0 saturated carbocycles. The van der Waals surface area contributed by atoms with Crippen molar-refractivity contribution in [3.8, 4) is 0 Å². The van der Waals surface area contributed by atoms with Crippen LogP contribution in [-0.4, -0.2) is 18.2 Å². The minimum Gasteiger partial charge on any atom is -0.444 e. The van der Waals surface area contributed by atoms with E-state index in [-0.39, 0.29) is 5.82 Å². The summed E-state index contributed by atoms with van der Waals surface area (Å²) in [6, 6.07) is 4.50. The summed E-state index contributed by atoms with van der Waals surface area (Å²) in [5.74, 6) is -0.367. The number of hydrogen-bond donors (Lipinski definition) is 1. The highest BCUT2D eigenvalue weighted by Gasteiger charge is 2.15. The van der Waals surface area contributed by atoms with Crippen molar-refractivity contribution in [1.82, 2.24) is 5.32 Å². The molecule has 1 N–H and O–H groups in total. The first-order valence-corrected chi connectivity index (χ1v) is 6.74. The maximum atomic E-state index is 13.4. The van der Waals surface area contributed by atoms with Crippen LogP contribution in [0.5, 0.6) is 0 Å². The highest BCUT2D eigenvalue weighted by atomic mass is 35.5. The number of hydrogen-bond acceptors (Lipinski definition) is 2. The predicted molar refractivity (Wildman–Crippen MR) is 79.3 cm³/mol. The van der Waals surface area contributed by atoms with Crippen LogP contribution in [0.3, 0.4) is 0 Å². The van der Waals surface area contributed by atoms with Crippen molar-refractivity contribution in [1.29, 1.82) is 0 Å². The van der Waals surface area contributed by atoms with Crippen LogP contribution in [0.1, 0.15) is 32.8 Å². The molecule has 0 spiro atoms. The third-order valence-corrected chi connectivity index (χ3v) is 2.47. The van der Waals surface area contributed by atoms with Crippen LogP contribution in [-0.2, 0) is 4.74 Å². The van der Waals surface area contributed by atoms with Gasteiger partial charge in [-0.1, -0.05) is 29.8 Å². The van der Waals surface area contributed by atoms with Crippen molar-refractivity contribution in [3.05, 3.63) is 40.7 Å². The van der Waals surface area contributed by atoms with Gasteiger partial charge in [0.1, 0.15) is 11.4 Å². The highest BCUT2D eigenvalue weighted by molar-refractivity contribution is 6.30. The highest BCUT2D eigenvalue weighted by Crippen LogP contribution is 2.15. The Bertz CT molecular complexity index is 495. The van der Waals surface area contributed by atoms with Crippen LogP contribution in [0.25, 0.3) is 6.08 Å². The molecule has 0 aromatic heterocycles. The molecule has 20 heavy (non-hydrogen) atoms. The lowest BCUT2D eigenvalue weighted by Gasteiger charge is -2.19. The summed E-state index contributed by atoms with van der Waals surface area (Å²) in [5, 5.41) is 2.99. The average molecular weight is 300 g/mol. The molecule has 5 heteroatoms. The lowest BCUT2D eigenvalue weighted by molar-refractivity contribution is 0.0529. The van der Waals surface area contributed by atoms with E-state index in [1.165, 1.54) is 6.07 Å². The number of alkyl carbamates (subject to hydrolysis) is 1. The molecule has 1 amide bonds. The Labute approximate surface area is 123 Å². The van der Waals surface area contributed by atoms with E-state index in [1.54, 1.807) is 45.1 Å². The van der Waals surface area contributed by atoms with E-state index < -0.39 is 11.7 Å². The van der Waals surface area contributed by atoms with Gasteiger partial charge in [0.25, 0.3) is 0 Å². The van der Waals surface area contributed by atoms with Gasteiger partial charge in [0, 0.05) is 17.1 Å². The summed E-state index contributed by atoms with van der Waals surface area (Å²) in [6.45, 7) is 5.84. The van der Waals surface area contributed by atoms with Crippen molar-refractivity contribution in [2.75, 3.05) is 6.54 Å². The molecule has 0 aliphatic heterocycles. The monoisotopic (exact) mass is 299 g/mol. The number of amides is 1. The lowest BCUT2D eigenvalue weighted by atomic mass is 10.2. The van der Waals surface area contributed by atoms with Crippen molar-refractivity contribution >= 4 is 23.8 Å². The van der Waals surface area contributed by atoms with Crippen molar-refractivity contribution in [2.24, 2.45) is 0 Å². The van der Waals surface area contributed by atoms with E-state index in [1.807, 2.05) is 0 Å². The van der Waals surface area contributed by atoms with Gasteiger partial charge in [-0.2, -0.15) is 0 Å². The zero-order valence-electron chi connectivity index (χ0n) is 11.9. The van der Waals surface area contributed by atoms with E-state index in [0.29, 0.717) is 23.6 Å². The Morgan fingerprint density at radius 3 is 2.75 bits per heavy atom. The summed E-state index contributed by atoms with van der Waals surface area (Å²) in [4.78, 5) is 11.4. The van der Waals surface area contributed by atoms with Gasteiger partial charge < -0.3 is 10.1 Å². The molecule has 0 atom stereocenters. The molecule has 1 aromatic rings. The Kier molecular flexibility index (Phi) is 6.02. The standard InChI is InChI=1S/C15H19ClFNO2/c1-15(2,3)20-14(19)18-9-5-4-6-11-7-8-12(16)10-13(11)17/h4,6-8,10H,5,9H2,1-3H3,(H,18,19). The number of nitrogens with one attached hydrogen (secondary N) is 1. The summed E-state index contributed by atoms with van der Waals surface area (Å²) in [6.07, 6.45) is 3.57. The van der Waals surface area contributed by atoms with Crippen LogP contribution in [0.15, 0.2) is 24.3 Å². The maximum absolute atomic E-state index is 13.4. The minimum absolute atomic E-state index is 0.367. The quantitative estimate of drug-likeness (QED) is 0.836. The molecule has 110 valence electrons. The van der Waals surface area contributed by atoms with E-state index >= 15 is 0 Å². The second kappa shape index (κ2) is 7.29. The van der Waals surface area contributed by atoms with Crippen LogP contribution in [0, 0.1) is 5.82 Å². The normalized spacial score (nSPS) is 11.7. The Morgan fingerprint density at radius 2 is 2.15 bits per heavy atom. The molecule has 0 saturated heterocycles. The molecule has 0 bridgehead atoms. The topological polar surface area (TPSA) is 38.3 Å². The fraction of sp³-hybridized carbons (Fsp3) is 0.400. The Hall–Kier alpha value is -1.55. The Balaban J connectivity index is 2.34. The van der Waals surface area contributed by atoms with E-state index in [0.717, 1.165) is 0 Å². The van der Waals surface area contributed by atoms with Gasteiger partial charge in [0.2, 0.25) is 0 Å². The summed E-state index contributed by atoms with van der Waals surface area (Å²) >= 11 is 5.66. The van der Waals surface area contributed by atoms with Gasteiger partial charge in [-0.05, 0) is 39.3 Å². The summed E-state index contributed by atoms with van der Waals surface area (Å²) < 4.78 is 18.5. The molecule has 3 nitrogen and oxygen atoms in total. The van der Waals surface area contributed by atoms with Gasteiger partial charge in [-0.25, -0.2) is 9.18 Å². The SMILES string of the molecule is CC(C)(C)OC(=O)NCCC=Cc1ccc(Cl)cc1F. The van der Waals surface area contributed by atoms with Crippen LogP contribution >= 0.6 is 11.6 Å². The van der Waals surface area contributed by atoms with Gasteiger partial charge >= 0.3 is 6.09 Å². The van der Waals surface area contributed by atoms with Crippen LogP contribution < -0.4 is 5.32 Å². The summed E-state index contributed by atoms with van der Waals surface area (Å²) in [7, 11) is 0. The molecule has 0 fully saturated rings. The fourth-order valence-corrected chi connectivity index (χ4v) is 1.58. The fourth-order valence-electron chi connectivity index (χ4n) is 1.42. The molecule has 0 unspecified atom stereocenters. The second-order valence-electron chi connectivity index (χ2n) is 5.29. The molecule has 1 rings (SSSR count). The first-order chi connectivity index (χ1) is 9.28. The molecule has 1 aromatic carbocycles. The van der Waals surface area contributed by atoms with Crippen LogP contribution in [0.2, 0.25) is 5.02 Å². The van der Waals surface area contributed by atoms with Gasteiger partial charge in [-0.3, -0.25) is 0 Å². The summed E-state index contributed by atoms with van der Waals surface area (Å²) in [5.41, 5.74) is -0.0431. The predicted octanol–water partition coefficient (Wildman–Crippen LogP) is 4.41. The number of ether oxygens (including phenoxy) is 1. The third-order valence-electron chi connectivity index (χ3n) is 2.24. The van der Waals surface area contributed by atoms with E-state index in [9.17, 15) is 9.18 Å². The largest absolute Gasteiger partial charge is 0.444 e. The van der Waals surface area contributed by atoms with Gasteiger partial charge in [0.05, 0.1) is 0 Å². The molecule has 0 aliphatic carbocycles. The number of benzene rings is 1. The van der Waals surface area contributed by atoms with E-state index in [2.05, 4.69) is 5.32 Å². The zero-order valence-corrected chi connectivity index (χ0v) is 12.6. The molecular formula is C15H19ClFNO2. The van der Waals surface area contributed by atoms with E-state index in [4.69, 9.17) is 16.3 Å². The zero-order chi connectivity index (χ0) is 15.2. The van der Waals surface area contributed by atoms with Gasteiger partial charge in [-0.15, -0.1) is 0 Å². The van der Waals surface area contributed by atoms with Gasteiger partial charge in [0.15, 0.2) is 0 Å². The molecule has 0 aliphatic rings. The van der Waals surface area contributed by atoms with Crippen molar-refractivity contribution in [3.63, 3.8) is 0 Å². The minimum atomic E-state index is -0.508. The number of carbonyl (C=O) groups is 1. The van der Waals surface area contributed by atoms with Crippen LogP contribution in [0.4, 0.5) is 9.18 Å². The molecule has 0 heterocycles. The first-order valence-electron chi connectivity index (χ1n) is 6.36. The number of rotatable bonds is 4. The van der Waals surface area contributed by atoms with Crippen molar-refractivity contribution < 1.29 is 13.9 Å². The number of carbonyl (C=O) groups excluding carboxylic acids is 1. The average Bonchev–Trinajstić information content (AvgIpc) is 2.28. The first kappa shape index (κ1) is 16.5.